The van der Waals surface area contributed by atoms with Crippen LogP contribution in [-0.2, 0) is 17.7 Å². The Morgan fingerprint density at radius 1 is 1.47 bits per heavy atom. The quantitative estimate of drug-likeness (QED) is 0.814. The second-order valence-corrected chi connectivity index (χ2v) is 4.71. The smallest absolute Gasteiger partial charge is 0.137 e. The summed E-state index contributed by atoms with van der Waals surface area (Å²) in [5.74, 6) is 0. The topological polar surface area (TPSA) is 52.5 Å². The summed E-state index contributed by atoms with van der Waals surface area (Å²) in [7, 11) is 0. The van der Waals surface area contributed by atoms with Crippen LogP contribution < -0.4 is 5.73 Å². The van der Waals surface area contributed by atoms with Gasteiger partial charge in [0.15, 0.2) is 0 Å². The third-order valence-corrected chi connectivity index (χ3v) is 3.33. The summed E-state index contributed by atoms with van der Waals surface area (Å²) < 4.78 is 7.98. The number of rotatable bonds is 1. The van der Waals surface area contributed by atoms with Crippen LogP contribution in [0.15, 0.2) is 18.3 Å². The van der Waals surface area contributed by atoms with Gasteiger partial charge in [0.1, 0.15) is 5.65 Å². The maximum atomic E-state index is 5.86. The summed E-state index contributed by atoms with van der Waals surface area (Å²) >= 11 is 0. The van der Waals surface area contributed by atoms with Crippen LogP contribution in [0.5, 0.6) is 0 Å². The lowest BCUT2D eigenvalue weighted by Crippen LogP contribution is -2.22. The van der Waals surface area contributed by atoms with Crippen molar-refractivity contribution in [2.24, 2.45) is 5.73 Å². The summed E-state index contributed by atoms with van der Waals surface area (Å²) in [5.41, 5.74) is 10.1. The van der Waals surface area contributed by atoms with Gasteiger partial charge in [0.2, 0.25) is 0 Å². The first-order chi connectivity index (χ1) is 8.19. The van der Waals surface area contributed by atoms with Gasteiger partial charge in [-0.3, -0.25) is 0 Å². The fourth-order valence-corrected chi connectivity index (χ4v) is 2.59. The van der Waals surface area contributed by atoms with Crippen LogP contribution in [0.4, 0.5) is 0 Å². The Kier molecular flexibility index (Phi) is 2.42. The van der Waals surface area contributed by atoms with Crippen molar-refractivity contribution < 1.29 is 4.74 Å². The van der Waals surface area contributed by atoms with E-state index in [1.807, 2.05) is 12.1 Å². The van der Waals surface area contributed by atoms with Gasteiger partial charge in [-0.25, -0.2) is 4.98 Å². The summed E-state index contributed by atoms with van der Waals surface area (Å²) in [5, 5.41) is 0. The molecule has 2 unspecified atom stereocenters. The molecule has 2 aromatic rings. The van der Waals surface area contributed by atoms with Crippen molar-refractivity contribution in [3.63, 3.8) is 0 Å². The van der Waals surface area contributed by atoms with Crippen LogP contribution in [0.2, 0.25) is 0 Å². The summed E-state index contributed by atoms with van der Waals surface area (Å²) in [4.78, 5) is 4.67. The van der Waals surface area contributed by atoms with E-state index in [0.29, 0.717) is 6.54 Å². The van der Waals surface area contributed by atoms with Crippen molar-refractivity contribution >= 4 is 5.65 Å². The highest BCUT2D eigenvalue weighted by Crippen LogP contribution is 2.30. The average molecular weight is 231 g/mol. The molecule has 2 atom stereocenters. The first-order valence-electron chi connectivity index (χ1n) is 6.04. The van der Waals surface area contributed by atoms with E-state index >= 15 is 0 Å². The van der Waals surface area contributed by atoms with E-state index < -0.39 is 0 Å². The van der Waals surface area contributed by atoms with Gasteiger partial charge in [-0.2, -0.15) is 0 Å². The molecule has 17 heavy (non-hydrogen) atoms. The lowest BCUT2D eigenvalue weighted by molar-refractivity contribution is -0.00833. The molecule has 3 heterocycles. The maximum absolute atomic E-state index is 5.86. The number of hydrogen-bond acceptors (Lipinski definition) is 3. The summed E-state index contributed by atoms with van der Waals surface area (Å²) in [6.45, 7) is 4.72. The molecule has 4 nitrogen and oxygen atoms in total. The molecule has 0 bridgehead atoms. The molecule has 0 aliphatic carbocycles. The molecule has 1 aliphatic heterocycles. The Morgan fingerprint density at radius 3 is 3.06 bits per heavy atom. The zero-order chi connectivity index (χ0) is 12.0. The van der Waals surface area contributed by atoms with Gasteiger partial charge >= 0.3 is 0 Å². The lowest BCUT2D eigenvalue weighted by atomic mass is 10.1. The van der Waals surface area contributed by atoms with E-state index in [2.05, 4.69) is 29.4 Å². The molecule has 0 fully saturated rings. The minimum Gasteiger partial charge on any atom is -0.369 e. The molecule has 3 rings (SSSR count). The third-order valence-electron chi connectivity index (χ3n) is 3.33. The lowest BCUT2D eigenvalue weighted by Gasteiger charge is -2.25. The van der Waals surface area contributed by atoms with Gasteiger partial charge in [0, 0.05) is 19.2 Å². The molecule has 2 N–H and O–H groups in total. The number of hydrogen-bond donors (Lipinski definition) is 1. The molecule has 0 radical (unpaired) electrons. The van der Waals surface area contributed by atoms with E-state index in [4.69, 9.17) is 10.5 Å². The van der Waals surface area contributed by atoms with E-state index in [1.165, 1.54) is 5.69 Å². The minimum absolute atomic E-state index is 0.0942. The van der Waals surface area contributed by atoms with E-state index in [-0.39, 0.29) is 12.2 Å². The van der Waals surface area contributed by atoms with Gasteiger partial charge in [-0.15, -0.1) is 0 Å². The van der Waals surface area contributed by atoms with Crippen LogP contribution in [0.3, 0.4) is 0 Å². The van der Waals surface area contributed by atoms with Crippen LogP contribution in [-0.4, -0.2) is 15.5 Å². The van der Waals surface area contributed by atoms with Crippen LogP contribution in [0, 0.1) is 0 Å². The van der Waals surface area contributed by atoms with Crippen molar-refractivity contribution in [3.8, 4) is 0 Å². The predicted molar refractivity (Wildman–Crippen MR) is 65.7 cm³/mol. The number of pyridine rings is 1. The van der Waals surface area contributed by atoms with E-state index in [0.717, 1.165) is 23.3 Å². The Hall–Kier alpha value is -1.39. The average Bonchev–Trinajstić information content (AvgIpc) is 2.65. The third kappa shape index (κ3) is 1.64. The fraction of sp³-hybridized carbons (Fsp3) is 0.462. The highest BCUT2D eigenvalue weighted by molar-refractivity contribution is 5.46. The summed E-state index contributed by atoms with van der Waals surface area (Å²) in [6.07, 6.45) is 3.30. The highest BCUT2D eigenvalue weighted by atomic mass is 16.5. The number of ether oxygens (including phenoxy) is 1. The van der Waals surface area contributed by atoms with Crippen molar-refractivity contribution in [2.75, 3.05) is 0 Å². The Labute approximate surface area is 100 Å². The molecule has 4 heteroatoms. The largest absolute Gasteiger partial charge is 0.369 e. The molecule has 0 amide bonds. The zero-order valence-electron chi connectivity index (χ0n) is 10.2. The van der Waals surface area contributed by atoms with Crippen molar-refractivity contribution in [1.82, 2.24) is 9.38 Å². The van der Waals surface area contributed by atoms with E-state index in [9.17, 15) is 0 Å². The molecular weight excluding hydrogens is 214 g/mol. The second kappa shape index (κ2) is 3.82. The normalized spacial score (nSPS) is 23.9. The molecule has 1 aliphatic rings. The van der Waals surface area contributed by atoms with Crippen LogP contribution in [0.1, 0.15) is 36.9 Å². The standard InChI is InChI=1S/C13H17N3O/c1-8-5-11-13(9(2)17-8)16-7-10(6-14)3-4-12(16)15-11/h3-4,7-9H,5-6,14H2,1-2H3. The molecular formula is C13H17N3O. The Morgan fingerprint density at radius 2 is 2.29 bits per heavy atom. The number of nitrogens with zero attached hydrogens (tertiary/aromatic N) is 2. The summed E-state index contributed by atoms with van der Waals surface area (Å²) in [6, 6.07) is 4.06. The van der Waals surface area contributed by atoms with Crippen molar-refractivity contribution in [2.45, 2.75) is 39.0 Å². The first kappa shape index (κ1) is 10.7. The van der Waals surface area contributed by atoms with Gasteiger partial charge < -0.3 is 14.9 Å². The van der Waals surface area contributed by atoms with Crippen molar-refractivity contribution in [1.29, 1.82) is 0 Å². The predicted octanol–water partition coefficient (Wildman–Crippen LogP) is 1.82. The zero-order valence-corrected chi connectivity index (χ0v) is 10.2. The van der Waals surface area contributed by atoms with Gasteiger partial charge in [-0.1, -0.05) is 6.07 Å². The monoisotopic (exact) mass is 231 g/mol. The Bertz CT molecular complexity index is 561. The molecule has 0 saturated carbocycles. The Balaban J connectivity index is 2.22. The van der Waals surface area contributed by atoms with Crippen LogP contribution >= 0.6 is 0 Å². The molecule has 0 spiro atoms. The maximum Gasteiger partial charge on any atom is 0.137 e. The number of fused-ring (bicyclic) bond motifs is 3. The highest BCUT2D eigenvalue weighted by Gasteiger charge is 2.26. The number of nitrogens with two attached hydrogens (primary N) is 1. The molecule has 2 aromatic heterocycles. The molecule has 0 aromatic carbocycles. The van der Waals surface area contributed by atoms with Crippen molar-refractivity contribution in [3.05, 3.63) is 35.3 Å². The molecule has 0 saturated heterocycles. The number of imidazole rings is 1. The van der Waals surface area contributed by atoms with Gasteiger partial charge in [0.05, 0.1) is 23.6 Å². The SMILES string of the molecule is CC1Cc2nc3ccc(CN)cn3c2C(C)O1. The molecule has 90 valence electrons. The fourth-order valence-electron chi connectivity index (χ4n) is 2.59. The van der Waals surface area contributed by atoms with Gasteiger partial charge in [0.25, 0.3) is 0 Å². The number of aromatic nitrogens is 2. The van der Waals surface area contributed by atoms with Gasteiger partial charge in [-0.05, 0) is 25.5 Å². The van der Waals surface area contributed by atoms with Crippen LogP contribution in [0.25, 0.3) is 5.65 Å². The first-order valence-corrected chi connectivity index (χ1v) is 6.04. The van der Waals surface area contributed by atoms with E-state index in [1.54, 1.807) is 0 Å². The second-order valence-electron chi connectivity index (χ2n) is 4.71. The minimum atomic E-state index is 0.0942.